The van der Waals surface area contributed by atoms with Crippen LogP contribution in [0.1, 0.15) is 97.6 Å². The van der Waals surface area contributed by atoms with Gasteiger partial charge in [0.05, 0.1) is 26.6 Å². The van der Waals surface area contributed by atoms with E-state index in [1.54, 1.807) is 63.1 Å². The van der Waals surface area contributed by atoms with Crippen LogP contribution < -0.4 is 31.3 Å². The summed E-state index contributed by atoms with van der Waals surface area (Å²) in [5.41, 5.74) is 3.93. The van der Waals surface area contributed by atoms with E-state index in [2.05, 4.69) is 46.2 Å². The third-order valence-corrected chi connectivity index (χ3v) is 14.1. The molecule has 3 aliphatic heterocycles. The van der Waals surface area contributed by atoms with Crippen molar-refractivity contribution in [2.45, 2.75) is 96.0 Å². The molecule has 7 rings (SSSR count). The number of hydrogen-bond acceptors (Lipinski definition) is 12. The van der Waals surface area contributed by atoms with Crippen LogP contribution in [0.2, 0.25) is 5.02 Å². The minimum atomic E-state index is -3.73. The summed E-state index contributed by atoms with van der Waals surface area (Å²) in [7, 11) is -3.73. The lowest BCUT2D eigenvalue weighted by Crippen LogP contribution is -2.52. The van der Waals surface area contributed by atoms with E-state index in [9.17, 15) is 27.6 Å². The molecule has 64 heavy (non-hydrogen) atoms. The number of piperidine rings is 2. The first-order valence-corrected chi connectivity index (χ1v) is 23.3. The monoisotopic (exact) mass is 916 g/mol. The van der Waals surface area contributed by atoms with Crippen LogP contribution in [-0.4, -0.2) is 94.8 Å². The van der Waals surface area contributed by atoms with Crippen molar-refractivity contribution in [2.24, 2.45) is 0 Å². The summed E-state index contributed by atoms with van der Waals surface area (Å²) in [5.74, 6) is -1.49. The molecule has 1 aromatic heterocycles. The summed E-state index contributed by atoms with van der Waals surface area (Å²) in [4.78, 5) is 63.3. The van der Waals surface area contributed by atoms with Crippen molar-refractivity contribution in [2.75, 3.05) is 46.9 Å². The molecule has 2 saturated heterocycles. The summed E-state index contributed by atoms with van der Waals surface area (Å²) in [6, 6.07) is 14.0. The molecular weight excluding hydrogens is 863 g/mol. The number of carbonyl (C=O) groups excluding carboxylic acids is 4. The molecule has 19 heteroatoms. The van der Waals surface area contributed by atoms with Gasteiger partial charge in [-0.1, -0.05) is 30.2 Å². The molecule has 0 spiro atoms. The second-order valence-electron chi connectivity index (χ2n) is 17.4. The normalized spacial score (nSPS) is 17.2. The van der Waals surface area contributed by atoms with Crippen LogP contribution in [0.5, 0.6) is 0 Å². The van der Waals surface area contributed by atoms with Gasteiger partial charge in [0.15, 0.2) is 0 Å². The van der Waals surface area contributed by atoms with Crippen LogP contribution in [-0.2, 0) is 26.2 Å². The van der Waals surface area contributed by atoms with Gasteiger partial charge in [0.2, 0.25) is 27.8 Å². The number of halogens is 2. The number of carbonyl (C=O) groups is 4. The van der Waals surface area contributed by atoms with Crippen molar-refractivity contribution < 1.29 is 32.0 Å². The topological polar surface area (TPSA) is 207 Å². The van der Waals surface area contributed by atoms with Crippen LogP contribution >= 0.6 is 11.6 Å². The number of fused-ring (bicyclic) bond motifs is 1. The first kappa shape index (κ1) is 46.2. The molecule has 0 aliphatic carbocycles. The number of aromatic nitrogens is 2. The fraction of sp³-hybridized carbons (Fsp3) is 0.422. The molecule has 3 aromatic carbocycles. The maximum Gasteiger partial charge on any atom is 0.257 e. The van der Waals surface area contributed by atoms with Gasteiger partial charge in [-0.25, -0.2) is 17.8 Å². The molecule has 2 fully saturated rings. The number of aryl methyl sites for hydroxylation is 1. The van der Waals surface area contributed by atoms with Gasteiger partial charge in [0, 0.05) is 67.5 Å². The Labute approximate surface area is 377 Å². The average Bonchev–Trinajstić information content (AvgIpc) is 3.57. The van der Waals surface area contributed by atoms with Gasteiger partial charge >= 0.3 is 0 Å². The van der Waals surface area contributed by atoms with E-state index in [-0.39, 0.29) is 46.5 Å². The van der Waals surface area contributed by atoms with E-state index in [0.29, 0.717) is 47.8 Å². The summed E-state index contributed by atoms with van der Waals surface area (Å²) >= 11 is 6.30. The number of sulfonamides is 1. The zero-order chi connectivity index (χ0) is 45.8. The molecule has 1 unspecified atom stereocenters. The van der Waals surface area contributed by atoms with Gasteiger partial charge in [0.25, 0.3) is 11.8 Å². The maximum atomic E-state index is 15.4. The summed E-state index contributed by atoms with van der Waals surface area (Å²) in [6.45, 7) is 10.2. The minimum Gasteiger partial charge on any atom is -0.384 e. The molecule has 4 amide bonds. The molecule has 3 aliphatic rings. The van der Waals surface area contributed by atoms with Crippen LogP contribution in [0.25, 0.3) is 0 Å². The van der Waals surface area contributed by atoms with Gasteiger partial charge in [0.1, 0.15) is 17.7 Å². The highest BCUT2D eigenvalue weighted by Crippen LogP contribution is 2.33. The lowest BCUT2D eigenvalue weighted by atomic mass is 10.0. The molecular formula is C45H54ClFN10O6S. The fourth-order valence-electron chi connectivity index (χ4n) is 7.84. The predicted molar refractivity (Wildman–Crippen MR) is 245 cm³/mol. The highest BCUT2D eigenvalue weighted by molar-refractivity contribution is 7.94. The number of nitrogens with one attached hydrogen (secondary N) is 6. The Morgan fingerprint density at radius 1 is 0.953 bits per heavy atom. The number of unbranched alkanes of at least 4 members (excludes halogenated alkanes) is 2. The lowest BCUT2D eigenvalue weighted by molar-refractivity contribution is -0.136. The number of anilines is 6. The Balaban J connectivity index is 0.827. The standard InChI is InChI=1S/C45H54ClFN10O6S/c1-27-25-49-44(54-40(27)50-31-12-14-33(46)36(24-31)55-64(62,63)45(2,3)4)52-30-11-13-32(34(47)23-30)41(59)51-29-17-21-56(22-18-29)20-7-5-6-19-48-35-10-8-9-28-26-57(43(61)39(28)35)37-15-16-38(58)53-42(37)60/h8-14,23-25,29,37,48,55H,5-7,15-22,26H2,1-4H3,(H,51,59)(H,53,58,60)(H2,49,50,52,54). The zero-order valence-corrected chi connectivity index (χ0v) is 37.9. The van der Waals surface area contributed by atoms with Gasteiger partial charge in [-0.15, -0.1) is 0 Å². The van der Waals surface area contributed by atoms with Crippen molar-refractivity contribution >= 4 is 79.8 Å². The van der Waals surface area contributed by atoms with Gasteiger partial charge < -0.3 is 31.1 Å². The molecule has 4 aromatic rings. The molecule has 0 radical (unpaired) electrons. The third kappa shape index (κ3) is 10.9. The molecule has 1 atom stereocenters. The van der Waals surface area contributed by atoms with Crippen molar-refractivity contribution in [1.29, 1.82) is 0 Å². The first-order chi connectivity index (χ1) is 30.5. The SMILES string of the molecule is Cc1cnc(Nc2ccc(C(=O)NC3CCN(CCCCCNc4cccc5c4C(=O)N(C4CCC(=O)NC4=O)C5)CC3)c(F)c2)nc1Nc1ccc(Cl)c(NS(=O)(=O)C(C)(C)C)c1. The van der Waals surface area contributed by atoms with E-state index in [4.69, 9.17) is 11.6 Å². The molecule has 340 valence electrons. The largest absolute Gasteiger partial charge is 0.384 e. The summed E-state index contributed by atoms with van der Waals surface area (Å²) in [5, 5.41) is 15.2. The fourth-order valence-corrected chi connectivity index (χ4v) is 8.82. The van der Waals surface area contributed by atoms with E-state index in [0.717, 1.165) is 63.0 Å². The Morgan fingerprint density at radius 3 is 2.44 bits per heavy atom. The second-order valence-corrected chi connectivity index (χ2v) is 20.2. The zero-order valence-electron chi connectivity index (χ0n) is 36.3. The minimum absolute atomic E-state index is 0.0640. The summed E-state index contributed by atoms with van der Waals surface area (Å²) < 4.78 is 42.4. The molecule has 4 heterocycles. The number of nitrogens with zero attached hydrogens (tertiary/aromatic N) is 4. The van der Waals surface area contributed by atoms with Crippen molar-refractivity contribution in [1.82, 2.24) is 30.4 Å². The van der Waals surface area contributed by atoms with Crippen LogP contribution in [0.4, 0.5) is 38.9 Å². The van der Waals surface area contributed by atoms with E-state index in [1.165, 1.54) is 12.1 Å². The number of amides is 4. The van der Waals surface area contributed by atoms with Gasteiger partial charge in [-0.3, -0.25) is 29.2 Å². The number of rotatable bonds is 16. The van der Waals surface area contributed by atoms with Crippen LogP contribution in [0.3, 0.4) is 0 Å². The van der Waals surface area contributed by atoms with Gasteiger partial charge in [-0.05, 0) is 114 Å². The Bertz CT molecular complexity index is 2550. The van der Waals surface area contributed by atoms with Crippen LogP contribution in [0, 0.1) is 12.7 Å². The Morgan fingerprint density at radius 2 is 1.70 bits per heavy atom. The molecule has 0 bridgehead atoms. The predicted octanol–water partition coefficient (Wildman–Crippen LogP) is 6.84. The smallest absolute Gasteiger partial charge is 0.257 e. The number of likely N-dealkylation sites (tertiary alicyclic amines) is 1. The molecule has 6 N–H and O–H groups in total. The lowest BCUT2D eigenvalue weighted by Gasteiger charge is -2.32. The quantitative estimate of drug-likeness (QED) is 0.0505. The summed E-state index contributed by atoms with van der Waals surface area (Å²) in [6.07, 6.45) is 6.54. The second kappa shape index (κ2) is 19.5. The highest BCUT2D eigenvalue weighted by Gasteiger charge is 2.40. The van der Waals surface area contributed by atoms with E-state index < -0.39 is 38.4 Å². The van der Waals surface area contributed by atoms with Crippen molar-refractivity contribution in [3.8, 4) is 0 Å². The maximum absolute atomic E-state index is 15.4. The van der Waals surface area contributed by atoms with Crippen LogP contribution in [0.15, 0.2) is 60.8 Å². The number of imide groups is 1. The van der Waals surface area contributed by atoms with Crippen molar-refractivity contribution in [3.05, 3.63) is 93.9 Å². The van der Waals surface area contributed by atoms with E-state index in [1.807, 2.05) is 18.2 Å². The van der Waals surface area contributed by atoms with Gasteiger partial charge in [-0.2, -0.15) is 4.98 Å². The van der Waals surface area contributed by atoms with Crippen molar-refractivity contribution in [3.63, 3.8) is 0 Å². The Kier molecular flexibility index (Phi) is 14.1. The third-order valence-electron chi connectivity index (χ3n) is 11.7. The average molecular weight is 918 g/mol. The Hall–Kier alpha value is -5.85. The van der Waals surface area contributed by atoms with E-state index >= 15 is 4.39 Å². The number of hydrogen-bond donors (Lipinski definition) is 6. The first-order valence-electron chi connectivity index (χ1n) is 21.5. The number of benzene rings is 3. The molecule has 0 saturated carbocycles. The highest BCUT2D eigenvalue weighted by atomic mass is 35.5. The molecule has 16 nitrogen and oxygen atoms in total.